The molecule has 2 rings (SSSR count). The maximum Gasteiger partial charge on any atom is 0.228 e. The Bertz CT molecular complexity index is 426. The van der Waals surface area contributed by atoms with E-state index in [1.54, 1.807) is 11.3 Å². The number of ether oxygens (including phenoxy) is 2. The fourth-order valence-electron chi connectivity index (χ4n) is 2.47. The van der Waals surface area contributed by atoms with Crippen molar-refractivity contribution in [3.63, 3.8) is 0 Å². The van der Waals surface area contributed by atoms with Crippen LogP contribution >= 0.6 is 11.3 Å². The van der Waals surface area contributed by atoms with Crippen LogP contribution in [0.3, 0.4) is 0 Å². The van der Waals surface area contributed by atoms with E-state index in [9.17, 15) is 4.79 Å². The molecule has 1 fully saturated rings. The zero-order chi connectivity index (χ0) is 14.6. The van der Waals surface area contributed by atoms with Gasteiger partial charge in [-0.1, -0.05) is 13.0 Å². The normalized spacial score (nSPS) is 20.6. The van der Waals surface area contributed by atoms with Gasteiger partial charge in [-0.15, -0.1) is 11.3 Å². The Balaban J connectivity index is 1.75. The van der Waals surface area contributed by atoms with Crippen molar-refractivity contribution in [3.8, 4) is 0 Å². The molecule has 1 aliphatic rings. The Hall–Kier alpha value is -0.910. The molecule has 20 heavy (non-hydrogen) atoms. The van der Waals surface area contributed by atoms with Gasteiger partial charge in [0.05, 0.1) is 19.1 Å². The molecular weight excluding hydrogens is 274 g/mol. The Labute approximate surface area is 124 Å². The van der Waals surface area contributed by atoms with Gasteiger partial charge in [0.25, 0.3) is 0 Å². The largest absolute Gasteiger partial charge is 0.355 e. The van der Waals surface area contributed by atoms with Gasteiger partial charge in [-0.25, -0.2) is 0 Å². The van der Waals surface area contributed by atoms with Gasteiger partial charge in [-0.2, -0.15) is 0 Å². The summed E-state index contributed by atoms with van der Waals surface area (Å²) in [6, 6.07) is 3.97. The number of carbonyl (C=O) groups excluding carboxylic acids is 1. The van der Waals surface area contributed by atoms with Gasteiger partial charge < -0.3 is 14.8 Å². The SMILES string of the molecule is C[C@H](CNC(=O)[C@H](C)c1cccs1)CC1(C)OCCO1. The molecule has 0 bridgehead atoms. The highest BCUT2D eigenvalue weighted by molar-refractivity contribution is 7.10. The van der Waals surface area contributed by atoms with Crippen molar-refractivity contribution in [2.45, 2.75) is 38.9 Å². The summed E-state index contributed by atoms with van der Waals surface area (Å²) in [6.07, 6.45) is 0.792. The third-order valence-electron chi connectivity index (χ3n) is 3.61. The van der Waals surface area contributed by atoms with Crippen LogP contribution in [0.5, 0.6) is 0 Å². The van der Waals surface area contributed by atoms with E-state index in [0.29, 0.717) is 25.7 Å². The molecular formula is C15H23NO3S. The summed E-state index contributed by atoms with van der Waals surface area (Å²) in [5.74, 6) is -0.171. The van der Waals surface area contributed by atoms with Crippen molar-refractivity contribution in [2.24, 2.45) is 5.92 Å². The number of hydrogen-bond donors (Lipinski definition) is 1. The average molecular weight is 297 g/mol. The summed E-state index contributed by atoms with van der Waals surface area (Å²) >= 11 is 1.62. The minimum atomic E-state index is -0.483. The van der Waals surface area contributed by atoms with E-state index in [1.165, 1.54) is 0 Å². The summed E-state index contributed by atoms with van der Waals surface area (Å²) in [7, 11) is 0. The highest BCUT2D eigenvalue weighted by Gasteiger charge is 2.32. The molecule has 1 saturated heterocycles. The van der Waals surface area contributed by atoms with Crippen LogP contribution in [0.2, 0.25) is 0 Å². The Morgan fingerprint density at radius 1 is 1.45 bits per heavy atom. The number of hydrogen-bond acceptors (Lipinski definition) is 4. The zero-order valence-corrected chi connectivity index (χ0v) is 13.2. The van der Waals surface area contributed by atoms with Gasteiger partial charge in [0.15, 0.2) is 5.79 Å². The van der Waals surface area contributed by atoms with Crippen LogP contribution in [0.25, 0.3) is 0 Å². The van der Waals surface area contributed by atoms with E-state index in [4.69, 9.17) is 9.47 Å². The Morgan fingerprint density at radius 3 is 2.75 bits per heavy atom. The van der Waals surface area contributed by atoms with Crippen molar-refractivity contribution in [1.82, 2.24) is 5.32 Å². The maximum atomic E-state index is 12.1. The lowest BCUT2D eigenvalue weighted by atomic mass is 10.0. The van der Waals surface area contributed by atoms with Crippen molar-refractivity contribution >= 4 is 17.2 Å². The van der Waals surface area contributed by atoms with Crippen LogP contribution < -0.4 is 5.32 Å². The molecule has 2 atom stereocenters. The minimum absolute atomic E-state index is 0.0812. The second kappa shape index (κ2) is 6.70. The molecule has 4 nitrogen and oxygen atoms in total. The molecule has 1 aliphatic heterocycles. The molecule has 1 aromatic rings. The second-order valence-electron chi connectivity index (χ2n) is 5.62. The minimum Gasteiger partial charge on any atom is -0.355 e. The fourth-order valence-corrected chi connectivity index (χ4v) is 3.26. The highest BCUT2D eigenvalue weighted by atomic mass is 32.1. The van der Waals surface area contributed by atoms with Gasteiger partial charge >= 0.3 is 0 Å². The van der Waals surface area contributed by atoms with Gasteiger partial charge in [0.1, 0.15) is 0 Å². The highest BCUT2D eigenvalue weighted by Crippen LogP contribution is 2.26. The molecule has 112 valence electrons. The van der Waals surface area contributed by atoms with Crippen LogP contribution in [0, 0.1) is 5.92 Å². The first-order valence-corrected chi connectivity index (χ1v) is 7.97. The summed E-state index contributed by atoms with van der Waals surface area (Å²) in [5, 5.41) is 5.02. The molecule has 0 aromatic carbocycles. The fraction of sp³-hybridized carbons (Fsp3) is 0.667. The van der Waals surface area contributed by atoms with E-state index >= 15 is 0 Å². The predicted molar refractivity (Wildman–Crippen MR) is 79.8 cm³/mol. The van der Waals surface area contributed by atoms with Crippen LogP contribution in [0.4, 0.5) is 0 Å². The first kappa shape index (κ1) is 15.5. The molecule has 0 radical (unpaired) electrons. The van der Waals surface area contributed by atoms with Gasteiger partial charge in [-0.05, 0) is 31.2 Å². The molecule has 1 aromatic heterocycles. The Morgan fingerprint density at radius 2 is 2.15 bits per heavy atom. The number of amides is 1. The van der Waals surface area contributed by atoms with Crippen molar-refractivity contribution in [2.75, 3.05) is 19.8 Å². The third-order valence-corrected chi connectivity index (χ3v) is 4.66. The van der Waals surface area contributed by atoms with E-state index in [-0.39, 0.29) is 11.8 Å². The Kier molecular flexibility index (Phi) is 5.18. The molecule has 2 heterocycles. The summed E-state index contributed by atoms with van der Waals surface area (Å²) in [4.78, 5) is 13.2. The number of rotatable bonds is 6. The maximum absolute atomic E-state index is 12.1. The molecule has 1 amide bonds. The van der Waals surface area contributed by atoms with E-state index in [1.807, 2.05) is 31.4 Å². The molecule has 0 saturated carbocycles. The summed E-state index contributed by atoms with van der Waals surface area (Å²) < 4.78 is 11.2. The lowest BCUT2D eigenvalue weighted by Crippen LogP contribution is -2.35. The average Bonchev–Trinajstić information content (AvgIpc) is 3.06. The number of carbonyl (C=O) groups is 1. The molecule has 0 unspecified atom stereocenters. The molecule has 1 N–H and O–H groups in total. The first-order chi connectivity index (χ1) is 9.50. The van der Waals surface area contributed by atoms with Gasteiger partial charge in [0.2, 0.25) is 5.91 Å². The quantitative estimate of drug-likeness (QED) is 0.878. The van der Waals surface area contributed by atoms with Gasteiger partial charge in [-0.3, -0.25) is 4.79 Å². The first-order valence-electron chi connectivity index (χ1n) is 7.09. The van der Waals surface area contributed by atoms with E-state index in [2.05, 4.69) is 12.2 Å². The van der Waals surface area contributed by atoms with E-state index < -0.39 is 5.79 Å². The van der Waals surface area contributed by atoms with Crippen molar-refractivity contribution in [1.29, 1.82) is 0 Å². The summed E-state index contributed by atoms with van der Waals surface area (Å²) in [6.45, 7) is 7.97. The standard InChI is InChI=1S/C15H23NO3S/c1-11(9-15(3)18-6-7-19-15)10-16-14(17)12(2)13-5-4-8-20-13/h4-5,8,11-12H,6-7,9-10H2,1-3H3,(H,16,17)/t11-,12+/m0/s1. The second-order valence-corrected chi connectivity index (χ2v) is 6.60. The summed E-state index contributed by atoms with van der Waals surface area (Å²) in [5.41, 5.74) is 0. The zero-order valence-electron chi connectivity index (χ0n) is 12.3. The van der Waals surface area contributed by atoms with Crippen LogP contribution in [-0.2, 0) is 14.3 Å². The van der Waals surface area contributed by atoms with Crippen LogP contribution in [-0.4, -0.2) is 31.5 Å². The lowest BCUT2D eigenvalue weighted by Gasteiger charge is -2.26. The monoisotopic (exact) mass is 297 g/mol. The van der Waals surface area contributed by atoms with Crippen LogP contribution in [0.15, 0.2) is 17.5 Å². The van der Waals surface area contributed by atoms with Crippen molar-refractivity contribution < 1.29 is 14.3 Å². The topological polar surface area (TPSA) is 47.6 Å². The molecule has 0 spiro atoms. The smallest absolute Gasteiger partial charge is 0.228 e. The number of nitrogens with one attached hydrogen (secondary N) is 1. The predicted octanol–water partition coefficient (Wildman–Crippen LogP) is 2.76. The third kappa shape index (κ3) is 4.04. The lowest BCUT2D eigenvalue weighted by molar-refractivity contribution is -0.154. The van der Waals surface area contributed by atoms with Gasteiger partial charge in [0, 0.05) is 17.8 Å². The number of thiophene rings is 1. The molecule has 0 aliphatic carbocycles. The van der Waals surface area contributed by atoms with Crippen LogP contribution in [0.1, 0.15) is 38.0 Å². The van der Waals surface area contributed by atoms with E-state index in [0.717, 1.165) is 11.3 Å². The molecule has 5 heteroatoms. The van der Waals surface area contributed by atoms with Crippen molar-refractivity contribution in [3.05, 3.63) is 22.4 Å².